The standard InChI is InChI=1S/C29H31N5O5S/c1-15(2)11-22(33-28(39)23-14-17-12-18(35)7-8-19(17)31-23)27(38)32-21(13-16-9-10-30-26(16)37)25(36)29-34-20-5-3-4-6-24(20)40-29/h3-8,12,14-16,21-22,31,35H,9-11,13H2,1-2H3,(H,30,37)(H,32,38)(H,33,39)/t16-,21-,22-/m0/s1. The maximum atomic E-state index is 13.6. The van der Waals surface area contributed by atoms with E-state index in [2.05, 4.69) is 25.9 Å². The van der Waals surface area contributed by atoms with E-state index in [1.54, 1.807) is 18.2 Å². The molecule has 2 aromatic heterocycles. The van der Waals surface area contributed by atoms with Crippen molar-refractivity contribution in [2.24, 2.45) is 11.8 Å². The highest BCUT2D eigenvalue weighted by molar-refractivity contribution is 7.20. The molecule has 0 unspecified atom stereocenters. The molecule has 0 spiro atoms. The minimum Gasteiger partial charge on any atom is -0.508 e. The van der Waals surface area contributed by atoms with E-state index in [4.69, 9.17) is 0 Å². The number of nitrogens with one attached hydrogen (secondary N) is 4. The van der Waals surface area contributed by atoms with Crippen molar-refractivity contribution in [1.29, 1.82) is 0 Å². The molecule has 1 aliphatic heterocycles. The predicted molar refractivity (Wildman–Crippen MR) is 152 cm³/mol. The maximum absolute atomic E-state index is 13.6. The highest BCUT2D eigenvalue weighted by Crippen LogP contribution is 2.25. The van der Waals surface area contributed by atoms with Crippen molar-refractivity contribution in [2.45, 2.75) is 45.2 Å². The molecule has 11 heteroatoms. The molecule has 3 atom stereocenters. The summed E-state index contributed by atoms with van der Waals surface area (Å²) in [5, 5.41) is 19.1. The van der Waals surface area contributed by atoms with Crippen LogP contribution in [0.2, 0.25) is 0 Å². The van der Waals surface area contributed by atoms with E-state index in [1.165, 1.54) is 17.4 Å². The Morgan fingerprint density at radius 3 is 2.62 bits per heavy atom. The fourth-order valence-electron chi connectivity index (χ4n) is 4.97. The maximum Gasteiger partial charge on any atom is 0.268 e. The number of fused-ring (bicyclic) bond motifs is 2. The fourth-order valence-corrected chi connectivity index (χ4v) is 5.93. The molecule has 0 aliphatic carbocycles. The number of hydrogen-bond acceptors (Lipinski definition) is 7. The summed E-state index contributed by atoms with van der Waals surface area (Å²) in [4.78, 5) is 60.2. The number of rotatable bonds is 10. The Labute approximate surface area is 234 Å². The zero-order valence-electron chi connectivity index (χ0n) is 22.2. The van der Waals surface area contributed by atoms with E-state index >= 15 is 0 Å². The van der Waals surface area contributed by atoms with Crippen LogP contribution in [-0.4, -0.2) is 57.2 Å². The Morgan fingerprint density at radius 1 is 1.10 bits per heavy atom. The van der Waals surface area contributed by atoms with Gasteiger partial charge in [-0.25, -0.2) is 4.98 Å². The Kier molecular flexibility index (Phi) is 7.83. The van der Waals surface area contributed by atoms with Crippen LogP contribution in [0.1, 0.15) is 53.4 Å². The third-order valence-corrected chi connectivity index (χ3v) is 8.05. The molecule has 5 rings (SSSR count). The van der Waals surface area contributed by atoms with Crippen LogP contribution in [0.3, 0.4) is 0 Å². The Morgan fingerprint density at radius 2 is 1.90 bits per heavy atom. The highest BCUT2D eigenvalue weighted by Gasteiger charge is 2.35. The average molecular weight is 562 g/mol. The first-order valence-electron chi connectivity index (χ1n) is 13.3. The SMILES string of the molecule is CC(C)C[C@H](NC(=O)c1cc2cc(O)ccc2[nH]1)C(=O)N[C@@H](C[C@@H]1CCNC1=O)C(=O)c1nc2ccccc2s1. The first-order chi connectivity index (χ1) is 19.2. The van der Waals surface area contributed by atoms with Gasteiger partial charge in [0.15, 0.2) is 5.01 Å². The fraction of sp³-hybridized carbons (Fsp3) is 0.345. The highest BCUT2D eigenvalue weighted by atomic mass is 32.1. The summed E-state index contributed by atoms with van der Waals surface area (Å²) in [5.41, 5.74) is 1.60. The quantitative estimate of drug-likeness (QED) is 0.187. The molecule has 4 aromatic rings. The number of para-hydroxylation sites is 1. The first kappa shape index (κ1) is 27.3. The van der Waals surface area contributed by atoms with Crippen LogP contribution in [0.4, 0.5) is 0 Å². The van der Waals surface area contributed by atoms with Gasteiger partial charge in [0.2, 0.25) is 17.6 Å². The number of H-pyrrole nitrogens is 1. The van der Waals surface area contributed by atoms with E-state index in [0.29, 0.717) is 35.8 Å². The summed E-state index contributed by atoms with van der Waals surface area (Å²) in [5.74, 6) is -1.77. The van der Waals surface area contributed by atoms with Crippen LogP contribution in [0.25, 0.3) is 21.1 Å². The number of thiazole rings is 1. The van der Waals surface area contributed by atoms with Crippen molar-refractivity contribution in [3.63, 3.8) is 0 Å². The second-order valence-corrected chi connectivity index (χ2v) is 11.6. The average Bonchev–Trinajstić information content (AvgIpc) is 3.65. The number of phenolic OH excluding ortho intramolecular Hbond substituents is 1. The number of aromatic amines is 1. The van der Waals surface area contributed by atoms with Gasteiger partial charge in [-0.2, -0.15) is 0 Å². The molecular weight excluding hydrogens is 530 g/mol. The monoisotopic (exact) mass is 561 g/mol. The Balaban J connectivity index is 1.37. The molecule has 3 amide bonds. The number of Topliss-reactive ketones (excluding diaryl/α,β-unsaturated/α-hetero) is 1. The third kappa shape index (κ3) is 5.99. The summed E-state index contributed by atoms with van der Waals surface area (Å²) in [6.07, 6.45) is 1.05. The lowest BCUT2D eigenvalue weighted by Gasteiger charge is -2.24. The van der Waals surface area contributed by atoms with Crippen LogP contribution >= 0.6 is 11.3 Å². The summed E-state index contributed by atoms with van der Waals surface area (Å²) in [6.45, 7) is 4.39. The molecule has 1 fully saturated rings. The van der Waals surface area contributed by atoms with Crippen molar-refractivity contribution in [1.82, 2.24) is 25.9 Å². The first-order valence-corrected chi connectivity index (χ1v) is 14.1. The van der Waals surface area contributed by atoms with Gasteiger partial charge in [0.05, 0.1) is 16.3 Å². The normalized spacial score (nSPS) is 16.7. The lowest BCUT2D eigenvalue weighted by Crippen LogP contribution is -2.52. The van der Waals surface area contributed by atoms with Gasteiger partial charge >= 0.3 is 0 Å². The number of phenols is 1. The van der Waals surface area contributed by atoms with Crippen molar-refractivity contribution in [3.8, 4) is 5.75 Å². The number of amides is 3. The molecule has 0 radical (unpaired) electrons. The number of carbonyl (C=O) groups excluding carboxylic acids is 4. The Hall–Kier alpha value is -4.25. The topological polar surface area (TPSA) is 153 Å². The number of aromatic nitrogens is 2. The zero-order chi connectivity index (χ0) is 28.4. The number of benzene rings is 2. The van der Waals surface area contributed by atoms with Gasteiger partial charge in [0, 0.05) is 23.4 Å². The van der Waals surface area contributed by atoms with Gasteiger partial charge in [-0.1, -0.05) is 26.0 Å². The van der Waals surface area contributed by atoms with Gasteiger partial charge in [-0.15, -0.1) is 11.3 Å². The number of hydrogen-bond donors (Lipinski definition) is 5. The van der Waals surface area contributed by atoms with Crippen molar-refractivity contribution >= 4 is 56.0 Å². The number of nitrogens with zero attached hydrogens (tertiary/aromatic N) is 1. The van der Waals surface area contributed by atoms with Crippen LogP contribution in [-0.2, 0) is 9.59 Å². The molecule has 40 heavy (non-hydrogen) atoms. The number of aromatic hydroxyl groups is 1. The van der Waals surface area contributed by atoms with Crippen molar-refractivity contribution < 1.29 is 24.3 Å². The molecule has 0 saturated carbocycles. The molecular formula is C29H31N5O5S. The summed E-state index contributed by atoms with van der Waals surface area (Å²) in [6, 6.07) is 11.8. The van der Waals surface area contributed by atoms with Gasteiger partial charge in [-0.05, 0) is 61.6 Å². The van der Waals surface area contributed by atoms with Crippen molar-refractivity contribution in [2.75, 3.05) is 6.54 Å². The molecule has 208 valence electrons. The summed E-state index contributed by atoms with van der Waals surface area (Å²) < 4.78 is 0.853. The lowest BCUT2D eigenvalue weighted by molar-refractivity contribution is -0.125. The van der Waals surface area contributed by atoms with Crippen molar-refractivity contribution in [3.05, 3.63) is 59.2 Å². The van der Waals surface area contributed by atoms with E-state index < -0.39 is 29.8 Å². The van der Waals surface area contributed by atoms with Crippen LogP contribution in [0, 0.1) is 11.8 Å². The van der Waals surface area contributed by atoms with Crippen LogP contribution in [0.5, 0.6) is 5.75 Å². The molecule has 1 saturated heterocycles. The smallest absolute Gasteiger partial charge is 0.268 e. The van der Waals surface area contributed by atoms with Gasteiger partial charge in [0.25, 0.3) is 5.91 Å². The Bertz CT molecular complexity index is 1560. The molecule has 10 nitrogen and oxygen atoms in total. The van der Waals surface area contributed by atoms with Gasteiger partial charge < -0.3 is 26.0 Å². The zero-order valence-corrected chi connectivity index (χ0v) is 23.0. The second kappa shape index (κ2) is 11.5. The molecule has 0 bridgehead atoms. The van der Waals surface area contributed by atoms with Gasteiger partial charge in [-0.3, -0.25) is 19.2 Å². The summed E-state index contributed by atoms with van der Waals surface area (Å²) in [7, 11) is 0. The minimum atomic E-state index is -0.982. The molecule has 2 aromatic carbocycles. The predicted octanol–water partition coefficient (Wildman–Crippen LogP) is 3.52. The molecule has 1 aliphatic rings. The van der Waals surface area contributed by atoms with E-state index in [1.807, 2.05) is 38.1 Å². The molecule has 3 heterocycles. The van der Waals surface area contributed by atoms with Gasteiger partial charge in [0.1, 0.15) is 17.5 Å². The lowest BCUT2D eigenvalue weighted by atomic mass is 9.95. The van der Waals surface area contributed by atoms with E-state index in [9.17, 15) is 24.3 Å². The largest absolute Gasteiger partial charge is 0.508 e. The van der Waals surface area contributed by atoms with Crippen LogP contribution < -0.4 is 16.0 Å². The van der Waals surface area contributed by atoms with E-state index in [0.717, 1.165) is 4.70 Å². The number of carbonyl (C=O) groups is 4. The van der Waals surface area contributed by atoms with Crippen LogP contribution in [0.15, 0.2) is 48.5 Å². The second-order valence-electron chi connectivity index (χ2n) is 10.5. The molecule has 5 N–H and O–H groups in total. The van der Waals surface area contributed by atoms with E-state index in [-0.39, 0.29) is 40.5 Å². The number of ketones is 1. The summed E-state index contributed by atoms with van der Waals surface area (Å²) >= 11 is 1.25. The third-order valence-electron chi connectivity index (χ3n) is 7.00. The minimum absolute atomic E-state index is 0.0646.